The zero-order valence-corrected chi connectivity index (χ0v) is 5.75. The number of hydroxylamine groups is 1. The van der Waals surface area contributed by atoms with E-state index in [0.29, 0.717) is 12.5 Å². The molecule has 0 bridgehead atoms. The van der Waals surface area contributed by atoms with Crippen molar-refractivity contribution in [3.63, 3.8) is 0 Å². The number of nitrogens with one attached hydrogen (secondary N) is 1. The van der Waals surface area contributed by atoms with Crippen molar-refractivity contribution in [2.24, 2.45) is 11.7 Å². The van der Waals surface area contributed by atoms with Gasteiger partial charge in [-0.05, 0) is 6.42 Å². The summed E-state index contributed by atoms with van der Waals surface area (Å²) in [6.07, 6.45) is 1.49. The fraction of sp³-hybridized carbons (Fsp3) is 0.833. The third kappa shape index (κ3) is 2.06. The second-order valence-corrected chi connectivity index (χ2v) is 2.56. The highest BCUT2D eigenvalue weighted by atomic mass is 16.7. The minimum absolute atomic E-state index is 0.325. The lowest BCUT2D eigenvalue weighted by Gasteiger charge is -2.07. The van der Waals surface area contributed by atoms with Gasteiger partial charge < -0.3 is 15.4 Å². The van der Waals surface area contributed by atoms with Gasteiger partial charge in [0.2, 0.25) is 0 Å². The molecule has 1 aliphatic rings. The van der Waals surface area contributed by atoms with Crippen LogP contribution >= 0.6 is 0 Å². The summed E-state index contributed by atoms with van der Waals surface area (Å²) >= 11 is 0. The maximum atomic E-state index is 10.1. The lowest BCUT2D eigenvalue weighted by Crippen LogP contribution is -2.26. The normalized spacial score (nSPS) is 28.3. The number of carbonyl (C=O) groups is 1. The molecule has 0 spiro atoms. The molecule has 4 heteroatoms. The van der Waals surface area contributed by atoms with Crippen LogP contribution in [0.15, 0.2) is 0 Å². The third-order valence-electron chi connectivity index (χ3n) is 1.57. The average molecular weight is 144 g/mol. The van der Waals surface area contributed by atoms with Crippen molar-refractivity contribution in [3.8, 4) is 0 Å². The molecule has 0 aromatic heterocycles. The molecule has 4 nitrogen and oxygen atoms in total. The van der Waals surface area contributed by atoms with E-state index in [4.69, 9.17) is 10.6 Å². The largest absolute Gasteiger partial charge is 0.322 e. The van der Waals surface area contributed by atoms with E-state index in [1.807, 2.05) is 0 Å². The molecule has 10 heavy (non-hydrogen) atoms. The van der Waals surface area contributed by atoms with Gasteiger partial charge in [0.25, 0.3) is 0 Å². The van der Waals surface area contributed by atoms with Crippen LogP contribution in [0.1, 0.15) is 6.42 Å². The van der Waals surface area contributed by atoms with Gasteiger partial charge in [-0.2, -0.15) is 0 Å². The van der Waals surface area contributed by atoms with Gasteiger partial charge in [0.15, 0.2) is 0 Å². The molecule has 2 atom stereocenters. The van der Waals surface area contributed by atoms with E-state index >= 15 is 0 Å². The predicted molar refractivity (Wildman–Crippen MR) is 36.1 cm³/mol. The van der Waals surface area contributed by atoms with Crippen molar-refractivity contribution in [1.82, 2.24) is 5.48 Å². The summed E-state index contributed by atoms with van der Waals surface area (Å²) in [5, 5.41) is 0. The van der Waals surface area contributed by atoms with Gasteiger partial charge in [-0.25, -0.2) is 5.48 Å². The first kappa shape index (κ1) is 7.65. The van der Waals surface area contributed by atoms with E-state index in [1.165, 1.54) is 0 Å². The molecule has 58 valence electrons. The Kier molecular flexibility index (Phi) is 2.80. The van der Waals surface area contributed by atoms with E-state index in [2.05, 4.69) is 5.48 Å². The van der Waals surface area contributed by atoms with Gasteiger partial charge in [-0.3, -0.25) is 0 Å². The highest BCUT2D eigenvalue weighted by Crippen LogP contribution is 2.08. The summed E-state index contributed by atoms with van der Waals surface area (Å²) in [6.45, 7) is 1.48. The molecule has 0 aromatic carbocycles. The molecule has 0 aromatic rings. The quantitative estimate of drug-likeness (QED) is 0.501. The molecule has 1 aliphatic heterocycles. The van der Waals surface area contributed by atoms with Crippen molar-refractivity contribution < 1.29 is 9.63 Å². The van der Waals surface area contributed by atoms with Crippen molar-refractivity contribution in [1.29, 1.82) is 0 Å². The maximum Gasteiger partial charge on any atom is 0.136 e. The Hall–Kier alpha value is -0.450. The van der Waals surface area contributed by atoms with E-state index in [-0.39, 0.29) is 6.04 Å². The lowest BCUT2D eigenvalue weighted by molar-refractivity contribution is -0.109. The second kappa shape index (κ2) is 3.65. The van der Waals surface area contributed by atoms with E-state index in [1.54, 1.807) is 0 Å². The zero-order valence-electron chi connectivity index (χ0n) is 5.75. The monoisotopic (exact) mass is 144 g/mol. The molecule has 1 fully saturated rings. The fourth-order valence-corrected chi connectivity index (χ4v) is 1.00. The van der Waals surface area contributed by atoms with E-state index in [9.17, 15) is 4.79 Å². The molecule has 0 amide bonds. The number of aldehydes is 1. The van der Waals surface area contributed by atoms with Crippen LogP contribution in [0.2, 0.25) is 0 Å². The molecule has 0 saturated carbocycles. The van der Waals surface area contributed by atoms with Crippen molar-refractivity contribution >= 4 is 6.29 Å². The fourth-order valence-electron chi connectivity index (χ4n) is 1.00. The Morgan fingerprint density at radius 2 is 2.70 bits per heavy atom. The highest BCUT2D eigenvalue weighted by molar-refractivity contribution is 5.56. The number of carbonyl (C=O) groups excluding carboxylic acids is 1. The van der Waals surface area contributed by atoms with Crippen LogP contribution in [0.25, 0.3) is 0 Å². The molecule has 1 saturated heterocycles. The Morgan fingerprint density at radius 3 is 3.20 bits per heavy atom. The molecule has 0 aliphatic carbocycles. The summed E-state index contributed by atoms with van der Waals surface area (Å²) in [7, 11) is 0. The Morgan fingerprint density at radius 1 is 1.90 bits per heavy atom. The van der Waals surface area contributed by atoms with Gasteiger partial charge in [-0.15, -0.1) is 0 Å². The second-order valence-electron chi connectivity index (χ2n) is 2.56. The first-order valence-corrected chi connectivity index (χ1v) is 3.38. The molecule has 3 N–H and O–H groups in total. The molecular formula is C6H12N2O2. The standard InChI is InChI=1S/C6H12N2O2/c7-6(3-9)1-5-2-8-10-4-5/h3,5-6,8H,1-2,4,7H2. The summed E-state index contributed by atoms with van der Waals surface area (Å²) in [5.41, 5.74) is 8.13. The van der Waals surface area contributed by atoms with Gasteiger partial charge in [0, 0.05) is 12.5 Å². The third-order valence-corrected chi connectivity index (χ3v) is 1.57. The van der Waals surface area contributed by atoms with Gasteiger partial charge >= 0.3 is 0 Å². The Balaban J connectivity index is 2.17. The summed E-state index contributed by atoms with van der Waals surface area (Å²) < 4.78 is 0. The first-order chi connectivity index (χ1) is 4.83. The van der Waals surface area contributed by atoms with Gasteiger partial charge in [0.05, 0.1) is 12.6 Å². The topological polar surface area (TPSA) is 64.4 Å². The number of hydrogen-bond acceptors (Lipinski definition) is 4. The maximum absolute atomic E-state index is 10.1. The summed E-state index contributed by atoms with van der Waals surface area (Å²) in [4.78, 5) is 15.0. The van der Waals surface area contributed by atoms with Gasteiger partial charge in [0.1, 0.15) is 6.29 Å². The minimum Gasteiger partial charge on any atom is -0.322 e. The van der Waals surface area contributed by atoms with Crippen LogP contribution in [-0.2, 0) is 9.63 Å². The summed E-state index contributed by atoms with van der Waals surface area (Å²) in [5.74, 6) is 0.403. The van der Waals surface area contributed by atoms with Crippen LogP contribution < -0.4 is 11.2 Å². The molecule has 0 radical (unpaired) electrons. The first-order valence-electron chi connectivity index (χ1n) is 3.38. The SMILES string of the molecule is NC(C=O)CC1CNOC1. The lowest BCUT2D eigenvalue weighted by atomic mass is 10.0. The van der Waals surface area contributed by atoms with Crippen LogP contribution in [-0.4, -0.2) is 25.5 Å². The number of rotatable bonds is 3. The molecule has 1 heterocycles. The average Bonchev–Trinajstić information content (AvgIpc) is 2.40. The van der Waals surface area contributed by atoms with Crippen LogP contribution in [0.5, 0.6) is 0 Å². The van der Waals surface area contributed by atoms with Gasteiger partial charge in [-0.1, -0.05) is 0 Å². The van der Waals surface area contributed by atoms with E-state index < -0.39 is 0 Å². The van der Waals surface area contributed by atoms with Crippen molar-refractivity contribution in [2.75, 3.05) is 13.2 Å². The molecule has 2 unspecified atom stereocenters. The number of nitrogens with two attached hydrogens (primary N) is 1. The summed E-state index contributed by atoms with van der Waals surface area (Å²) in [6, 6.07) is -0.325. The molecule has 1 rings (SSSR count). The van der Waals surface area contributed by atoms with E-state index in [0.717, 1.165) is 19.3 Å². The smallest absolute Gasteiger partial charge is 0.136 e. The Labute approximate surface area is 59.7 Å². The highest BCUT2D eigenvalue weighted by Gasteiger charge is 2.17. The van der Waals surface area contributed by atoms with Crippen molar-refractivity contribution in [2.45, 2.75) is 12.5 Å². The molecular weight excluding hydrogens is 132 g/mol. The number of hydrogen-bond donors (Lipinski definition) is 2. The van der Waals surface area contributed by atoms with Crippen molar-refractivity contribution in [3.05, 3.63) is 0 Å². The zero-order chi connectivity index (χ0) is 7.40. The van der Waals surface area contributed by atoms with Crippen LogP contribution in [0.4, 0.5) is 0 Å². The van der Waals surface area contributed by atoms with Crippen LogP contribution in [0.3, 0.4) is 0 Å². The van der Waals surface area contributed by atoms with Crippen LogP contribution in [0, 0.1) is 5.92 Å². The minimum atomic E-state index is -0.325. The predicted octanol–water partition coefficient (Wildman–Crippen LogP) is -0.946. The Bertz CT molecular complexity index is 112.